The highest BCUT2D eigenvalue weighted by molar-refractivity contribution is 6.33. The maximum atomic E-state index is 6.39. The van der Waals surface area contributed by atoms with Crippen LogP contribution >= 0.6 is 11.6 Å². The molecule has 0 bridgehead atoms. The molecule has 0 saturated carbocycles. The number of anilines is 1. The van der Waals surface area contributed by atoms with E-state index < -0.39 is 0 Å². The van der Waals surface area contributed by atoms with E-state index in [4.69, 9.17) is 17.3 Å². The highest BCUT2D eigenvalue weighted by Gasteiger charge is 2.18. The first kappa shape index (κ1) is 14.6. The van der Waals surface area contributed by atoms with Crippen molar-refractivity contribution in [3.8, 4) is 0 Å². The summed E-state index contributed by atoms with van der Waals surface area (Å²) < 4.78 is 0. The molecule has 1 heterocycles. The smallest absolute Gasteiger partial charge is 0.0642 e. The molecule has 4 heteroatoms. The molecule has 0 aliphatic carbocycles. The van der Waals surface area contributed by atoms with Crippen LogP contribution in [-0.4, -0.2) is 37.6 Å². The third-order valence-corrected chi connectivity index (χ3v) is 4.05. The maximum absolute atomic E-state index is 6.39. The van der Waals surface area contributed by atoms with Crippen molar-refractivity contribution in [1.82, 2.24) is 4.90 Å². The van der Waals surface area contributed by atoms with E-state index >= 15 is 0 Å². The van der Waals surface area contributed by atoms with E-state index in [1.165, 1.54) is 13.0 Å². The van der Waals surface area contributed by atoms with Crippen molar-refractivity contribution in [3.05, 3.63) is 28.8 Å². The molecule has 0 unspecified atom stereocenters. The summed E-state index contributed by atoms with van der Waals surface area (Å²) in [5, 5.41) is 0.818. The van der Waals surface area contributed by atoms with Gasteiger partial charge in [-0.05, 0) is 37.6 Å². The minimum Gasteiger partial charge on any atom is -0.368 e. The van der Waals surface area contributed by atoms with E-state index in [1.54, 1.807) is 0 Å². The van der Waals surface area contributed by atoms with Gasteiger partial charge in [0.15, 0.2) is 0 Å². The summed E-state index contributed by atoms with van der Waals surface area (Å²) in [6.45, 7) is 9.77. The summed E-state index contributed by atoms with van der Waals surface area (Å²) in [7, 11) is 0. The summed E-state index contributed by atoms with van der Waals surface area (Å²) >= 11 is 6.39. The number of halogens is 1. The van der Waals surface area contributed by atoms with Crippen LogP contribution in [0, 0.1) is 0 Å². The minimum absolute atomic E-state index is 0.0351. The molecule has 0 spiro atoms. The molecule has 0 amide bonds. The molecule has 2 rings (SSSR count). The van der Waals surface area contributed by atoms with Gasteiger partial charge in [0, 0.05) is 32.2 Å². The number of rotatable bonds is 4. The molecule has 1 fully saturated rings. The highest BCUT2D eigenvalue weighted by atomic mass is 35.5. The van der Waals surface area contributed by atoms with Crippen LogP contribution in [0.3, 0.4) is 0 Å². The van der Waals surface area contributed by atoms with Crippen molar-refractivity contribution in [1.29, 1.82) is 0 Å². The van der Waals surface area contributed by atoms with Crippen molar-refractivity contribution in [2.45, 2.75) is 26.3 Å². The Hall–Kier alpha value is -0.770. The van der Waals surface area contributed by atoms with Crippen LogP contribution in [0.1, 0.15) is 31.9 Å². The van der Waals surface area contributed by atoms with Gasteiger partial charge in [0.2, 0.25) is 0 Å². The third kappa shape index (κ3) is 3.62. The van der Waals surface area contributed by atoms with Gasteiger partial charge >= 0.3 is 0 Å². The molecule has 1 aliphatic rings. The molecule has 19 heavy (non-hydrogen) atoms. The zero-order chi connectivity index (χ0) is 13.8. The van der Waals surface area contributed by atoms with Crippen molar-refractivity contribution in [3.63, 3.8) is 0 Å². The Balaban J connectivity index is 2.03. The van der Waals surface area contributed by atoms with Gasteiger partial charge in [0.05, 0.1) is 10.7 Å². The summed E-state index contributed by atoms with van der Waals surface area (Å²) in [6.07, 6.45) is 1.23. The van der Waals surface area contributed by atoms with E-state index in [0.29, 0.717) is 0 Å². The first-order valence-corrected chi connectivity index (χ1v) is 7.52. The molecule has 1 aromatic carbocycles. The lowest BCUT2D eigenvalue weighted by Crippen LogP contribution is -2.46. The third-order valence-electron chi connectivity index (χ3n) is 3.75. The average molecular weight is 282 g/mol. The second-order valence-electron chi connectivity index (χ2n) is 5.33. The Morgan fingerprint density at radius 2 is 1.95 bits per heavy atom. The molecule has 0 radical (unpaired) electrons. The van der Waals surface area contributed by atoms with Crippen LogP contribution in [0.25, 0.3) is 0 Å². The molecule has 1 aromatic rings. The molecule has 2 N–H and O–H groups in total. The molecule has 3 nitrogen and oxygen atoms in total. The van der Waals surface area contributed by atoms with Crippen LogP contribution in [0.15, 0.2) is 18.2 Å². The summed E-state index contributed by atoms with van der Waals surface area (Å²) in [5.74, 6) is 0. The van der Waals surface area contributed by atoms with Crippen LogP contribution < -0.4 is 10.6 Å². The largest absolute Gasteiger partial charge is 0.368 e. The van der Waals surface area contributed by atoms with Crippen molar-refractivity contribution in [2.24, 2.45) is 5.73 Å². The SMILES string of the molecule is CCCN1CCN(c2ccc([C@H](C)N)cc2Cl)CC1. The predicted octanol–water partition coefficient (Wildman–Crippen LogP) is 2.89. The van der Waals surface area contributed by atoms with Crippen LogP contribution in [0.2, 0.25) is 5.02 Å². The lowest BCUT2D eigenvalue weighted by Gasteiger charge is -2.36. The van der Waals surface area contributed by atoms with Crippen molar-refractivity contribution >= 4 is 17.3 Å². The Morgan fingerprint density at radius 3 is 2.47 bits per heavy atom. The van der Waals surface area contributed by atoms with E-state index in [0.717, 1.165) is 42.5 Å². The molecule has 1 aliphatic heterocycles. The molecular formula is C15H24ClN3. The fourth-order valence-electron chi connectivity index (χ4n) is 2.59. The Morgan fingerprint density at radius 1 is 1.26 bits per heavy atom. The van der Waals surface area contributed by atoms with Gasteiger partial charge < -0.3 is 10.6 Å². The summed E-state index contributed by atoms with van der Waals surface area (Å²) in [5.41, 5.74) is 8.12. The Bertz CT molecular complexity index is 412. The number of hydrogen-bond acceptors (Lipinski definition) is 3. The van der Waals surface area contributed by atoms with Gasteiger partial charge in [-0.25, -0.2) is 0 Å². The lowest BCUT2D eigenvalue weighted by molar-refractivity contribution is 0.258. The highest BCUT2D eigenvalue weighted by Crippen LogP contribution is 2.29. The Kier molecular flexibility index (Phi) is 5.08. The first-order chi connectivity index (χ1) is 9.11. The zero-order valence-corrected chi connectivity index (χ0v) is 12.7. The van der Waals surface area contributed by atoms with E-state index in [1.807, 2.05) is 13.0 Å². The normalized spacial score (nSPS) is 18.6. The second-order valence-corrected chi connectivity index (χ2v) is 5.74. The summed E-state index contributed by atoms with van der Waals surface area (Å²) in [6, 6.07) is 6.23. The van der Waals surface area contributed by atoms with Crippen molar-refractivity contribution in [2.75, 3.05) is 37.6 Å². The van der Waals surface area contributed by atoms with E-state index in [2.05, 4.69) is 28.9 Å². The molecule has 106 valence electrons. The number of nitrogens with two attached hydrogens (primary N) is 1. The van der Waals surface area contributed by atoms with Crippen LogP contribution in [0.5, 0.6) is 0 Å². The quantitative estimate of drug-likeness (QED) is 0.921. The number of benzene rings is 1. The number of piperazine rings is 1. The number of nitrogens with zero attached hydrogens (tertiary/aromatic N) is 2. The van der Waals surface area contributed by atoms with Crippen LogP contribution in [0.4, 0.5) is 5.69 Å². The topological polar surface area (TPSA) is 32.5 Å². The molecule has 1 atom stereocenters. The fraction of sp³-hybridized carbons (Fsp3) is 0.600. The van der Waals surface area contributed by atoms with Crippen molar-refractivity contribution < 1.29 is 0 Å². The second kappa shape index (κ2) is 6.60. The van der Waals surface area contributed by atoms with E-state index in [9.17, 15) is 0 Å². The fourth-order valence-corrected chi connectivity index (χ4v) is 2.90. The maximum Gasteiger partial charge on any atom is 0.0642 e. The van der Waals surface area contributed by atoms with Gasteiger partial charge in [0.1, 0.15) is 0 Å². The van der Waals surface area contributed by atoms with Gasteiger partial charge in [0.25, 0.3) is 0 Å². The van der Waals surface area contributed by atoms with Gasteiger partial charge in [-0.15, -0.1) is 0 Å². The molecule has 0 aromatic heterocycles. The predicted molar refractivity (Wildman–Crippen MR) is 83.0 cm³/mol. The van der Waals surface area contributed by atoms with Crippen LogP contribution in [-0.2, 0) is 0 Å². The molecule has 1 saturated heterocycles. The summed E-state index contributed by atoms with van der Waals surface area (Å²) in [4.78, 5) is 4.89. The van der Waals surface area contributed by atoms with E-state index in [-0.39, 0.29) is 6.04 Å². The number of hydrogen-bond donors (Lipinski definition) is 1. The lowest BCUT2D eigenvalue weighted by atomic mass is 10.1. The standard InChI is InChI=1S/C15H24ClN3/c1-3-6-18-7-9-19(10-8-18)15-5-4-13(12(2)17)11-14(15)16/h4-5,11-12H,3,6-10,17H2,1-2H3/t12-/m0/s1. The first-order valence-electron chi connectivity index (χ1n) is 7.14. The molecular weight excluding hydrogens is 258 g/mol. The van der Waals surface area contributed by atoms with Gasteiger partial charge in [-0.2, -0.15) is 0 Å². The van der Waals surface area contributed by atoms with Gasteiger partial charge in [-0.3, -0.25) is 4.90 Å². The monoisotopic (exact) mass is 281 g/mol. The van der Waals surface area contributed by atoms with Gasteiger partial charge in [-0.1, -0.05) is 24.6 Å². The Labute approximate surface area is 121 Å². The average Bonchev–Trinajstić information content (AvgIpc) is 2.40. The zero-order valence-electron chi connectivity index (χ0n) is 11.9. The minimum atomic E-state index is 0.0351.